The Morgan fingerprint density at radius 2 is 1.39 bits per heavy atom. The summed E-state index contributed by atoms with van der Waals surface area (Å²) < 4.78 is 2.40. The van der Waals surface area contributed by atoms with Gasteiger partial charge in [-0.15, -0.1) is 0 Å². The van der Waals surface area contributed by atoms with Crippen LogP contribution in [0.1, 0.15) is 91.9 Å². The largest absolute Gasteiger partial charge is 0.287 e. The van der Waals surface area contributed by atoms with Crippen molar-refractivity contribution in [2.75, 3.05) is 13.1 Å². The highest BCUT2D eigenvalue weighted by atomic mass is 31.0. The molecule has 0 bridgehead atoms. The standard InChI is InChI=1S/C20H41N2P/c1-5-6-7-8-9-10-11-12-13-14-22(23)17-20(4)19(3)15-18(2)16-21/h18-20H,5-15,17,23H2,1-4H3. The third kappa shape index (κ3) is 14.0. The molecule has 0 aromatic carbocycles. The van der Waals surface area contributed by atoms with Crippen LogP contribution in [0.5, 0.6) is 0 Å². The molecular formula is C20H41N2P. The molecule has 0 rings (SSSR count). The fraction of sp³-hybridized carbons (Fsp3) is 0.950. The van der Waals surface area contributed by atoms with E-state index in [1.165, 1.54) is 64.3 Å². The second-order valence-electron chi connectivity index (χ2n) is 7.54. The van der Waals surface area contributed by atoms with Crippen molar-refractivity contribution in [2.45, 2.75) is 91.9 Å². The molecule has 0 saturated carbocycles. The van der Waals surface area contributed by atoms with Crippen molar-refractivity contribution in [1.82, 2.24) is 4.67 Å². The monoisotopic (exact) mass is 340 g/mol. The molecule has 0 aromatic heterocycles. The topological polar surface area (TPSA) is 27.0 Å². The molecule has 4 unspecified atom stereocenters. The number of rotatable bonds is 15. The zero-order valence-corrected chi connectivity index (χ0v) is 17.3. The maximum absolute atomic E-state index is 8.93. The predicted molar refractivity (Wildman–Crippen MR) is 106 cm³/mol. The molecule has 2 nitrogen and oxygen atoms in total. The first-order chi connectivity index (χ1) is 11.0. The van der Waals surface area contributed by atoms with E-state index in [9.17, 15) is 0 Å². The van der Waals surface area contributed by atoms with Crippen molar-refractivity contribution in [1.29, 1.82) is 5.26 Å². The maximum Gasteiger partial charge on any atom is 0.0652 e. The van der Waals surface area contributed by atoms with Crippen LogP contribution in [0.3, 0.4) is 0 Å². The average Bonchev–Trinajstić information content (AvgIpc) is 2.52. The van der Waals surface area contributed by atoms with Gasteiger partial charge in [-0.2, -0.15) is 5.26 Å². The van der Waals surface area contributed by atoms with Crippen molar-refractivity contribution in [3.63, 3.8) is 0 Å². The lowest BCUT2D eigenvalue weighted by molar-refractivity contribution is 0.278. The van der Waals surface area contributed by atoms with E-state index in [2.05, 4.69) is 40.9 Å². The molecule has 3 heteroatoms. The Morgan fingerprint density at radius 1 is 0.870 bits per heavy atom. The molecule has 0 spiro atoms. The lowest BCUT2D eigenvalue weighted by Gasteiger charge is -2.26. The summed E-state index contributed by atoms with van der Waals surface area (Å²) in [6, 6.07) is 2.35. The van der Waals surface area contributed by atoms with E-state index >= 15 is 0 Å². The molecule has 0 N–H and O–H groups in total. The van der Waals surface area contributed by atoms with Gasteiger partial charge in [0.15, 0.2) is 0 Å². The molecule has 0 aliphatic rings. The van der Waals surface area contributed by atoms with Gasteiger partial charge in [-0.3, -0.25) is 4.67 Å². The van der Waals surface area contributed by atoms with Crippen LogP contribution < -0.4 is 0 Å². The van der Waals surface area contributed by atoms with Crippen LogP contribution in [0, 0.1) is 29.1 Å². The minimum atomic E-state index is 0.183. The second kappa shape index (κ2) is 15.4. The summed E-state index contributed by atoms with van der Waals surface area (Å²) in [7, 11) is 2.90. The summed E-state index contributed by atoms with van der Waals surface area (Å²) >= 11 is 0. The van der Waals surface area contributed by atoms with E-state index in [-0.39, 0.29) is 5.92 Å². The van der Waals surface area contributed by atoms with Crippen molar-refractivity contribution >= 4 is 9.39 Å². The number of hydrogen-bond donors (Lipinski definition) is 0. The molecule has 0 aliphatic carbocycles. The number of unbranched alkanes of at least 4 members (excludes halogenated alkanes) is 8. The molecule has 0 heterocycles. The van der Waals surface area contributed by atoms with E-state index in [1.807, 2.05) is 6.92 Å². The SMILES string of the molecule is CCCCCCCCCCCN(P)CC(C)C(C)CC(C)C#N. The zero-order valence-electron chi connectivity index (χ0n) is 16.2. The lowest BCUT2D eigenvalue weighted by atomic mass is 9.88. The van der Waals surface area contributed by atoms with Gasteiger partial charge in [0.2, 0.25) is 0 Å². The van der Waals surface area contributed by atoms with Gasteiger partial charge in [-0.1, -0.05) is 81.5 Å². The second-order valence-corrected chi connectivity index (χ2v) is 8.27. The Kier molecular flexibility index (Phi) is 15.3. The van der Waals surface area contributed by atoms with Crippen LogP contribution in [-0.4, -0.2) is 17.8 Å². The lowest BCUT2D eigenvalue weighted by Crippen LogP contribution is -2.25. The van der Waals surface area contributed by atoms with Gasteiger partial charge in [-0.05, 0) is 31.6 Å². The molecule has 0 amide bonds. The fourth-order valence-corrected chi connectivity index (χ4v) is 3.62. The van der Waals surface area contributed by atoms with E-state index in [1.54, 1.807) is 0 Å². The van der Waals surface area contributed by atoms with Crippen LogP contribution in [0.25, 0.3) is 0 Å². The van der Waals surface area contributed by atoms with Gasteiger partial charge in [0.1, 0.15) is 0 Å². The normalized spacial score (nSPS) is 15.3. The molecule has 0 aliphatic heterocycles. The van der Waals surface area contributed by atoms with E-state index in [4.69, 9.17) is 5.26 Å². The van der Waals surface area contributed by atoms with Crippen molar-refractivity contribution < 1.29 is 0 Å². The summed E-state index contributed by atoms with van der Waals surface area (Å²) in [6.07, 6.45) is 13.6. The molecule has 23 heavy (non-hydrogen) atoms. The first kappa shape index (κ1) is 22.9. The number of nitriles is 1. The highest BCUT2D eigenvalue weighted by Gasteiger charge is 2.16. The molecule has 0 aromatic rings. The van der Waals surface area contributed by atoms with Crippen LogP contribution in [0.2, 0.25) is 0 Å². The van der Waals surface area contributed by atoms with Crippen LogP contribution in [0.4, 0.5) is 0 Å². The molecule has 0 saturated heterocycles. The van der Waals surface area contributed by atoms with Gasteiger partial charge in [0, 0.05) is 19.0 Å². The Labute approximate surface area is 148 Å². The number of hydrogen-bond acceptors (Lipinski definition) is 2. The Balaban J connectivity index is 3.55. The summed E-state index contributed by atoms with van der Waals surface area (Å²) in [5.74, 6) is 1.46. The van der Waals surface area contributed by atoms with E-state index in [0.29, 0.717) is 11.8 Å². The summed E-state index contributed by atoms with van der Waals surface area (Å²) in [5, 5.41) is 8.93. The molecule has 0 radical (unpaired) electrons. The number of nitrogens with zero attached hydrogens (tertiary/aromatic N) is 2. The zero-order chi connectivity index (χ0) is 17.5. The van der Waals surface area contributed by atoms with Crippen molar-refractivity contribution in [3.8, 4) is 6.07 Å². The van der Waals surface area contributed by atoms with Gasteiger partial charge < -0.3 is 0 Å². The average molecular weight is 341 g/mol. The van der Waals surface area contributed by atoms with Gasteiger partial charge in [0.05, 0.1) is 6.07 Å². The fourth-order valence-electron chi connectivity index (χ4n) is 3.11. The van der Waals surface area contributed by atoms with Gasteiger partial charge in [0.25, 0.3) is 0 Å². The summed E-state index contributed by atoms with van der Waals surface area (Å²) in [4.78, 5) is 0. The minimum Gasteiger partial charge on any atom is -0.287 e. The highest BCUT2D eigenvalue weighted by Crippen LogP contribution is 2.22. The quantitative estimate of drug-likeness (QED) is 0.254. The molecule has 4 atom stereocenters. The maximum atomic E-state index is 8.93. The van der Waals surface area contributed by atoms with E-state index < -0.39 is 0 Å². The van der Waals surface area contributed by atoms with E-state index in [0.717, 1.165) is 13.0 Å². The van der Waals surface area contributed by atoms with Crippen LogP contribution in [-0.2, 0) is 0 Å². The Hall–Kier alpha value is -0.120. The predicted octanol–water partition coefficient (Wildman–Crippen LogP) is 6.43. The van der Waals surface area contributed by atoms with Gasteiger partial charge >= 0.3 is 0 Å². The van der Waals surface area contributed by atoms with Gasteiger partial charge in [-0.25, -0.2) is 0 Å². The van der Waals surface area contributed by atoms with Crippen molar-refractivity contribution in [2.24, 2.45) is 17.8 Å². The highest BCUT2D eigenvalue weighted by molar-refractivity contribution is 7.13. The van der Waals surface area contributed by atoms with Crippen molar-refractivity contribution in [3.05, 3.63) is 0 Å². The third-order valence-electron chi connectivity index (χ3n) is 4.99. The Bertz CT molecular complexity index is 301. The summed E-state index contributed by atoms with van der Waals surface area (Å²) in [5.41, 5.74) is 0. The van der Waals surface area contributed by atoms with Crippen LogP contribution >= 0.6 is 9.39 Å². The molecular weight excluding hydrogens is 299 g/mol. The third-order valence-corrected chi connectivity index (χ3v) is 5.46. The molecule has 136 valence electrons. The van der Waals surface area contributed by atoms with Crippen LogP contribution in [0.15, 0.2) is 0 Å². The first-order valence-corrected chi connectivity index (χ1v) is 10.4. The molecule has 0 fully saturated rings. The smallest absolute Gasteiger partial charge is 0.0652 e. The summed E-state index contributed by atoms with van der Waals surface area (Å²) in [6.45, 7) is 11.2. The Morgan fingerprint density at radius 3 is 1.91 bits per heavy atom. The first-order valence-electron chi connectivity index (χ1n) is 9.90. The minimum absolute atomic E-state index is 0.183.